The van der Waals surface area contributed by atoms with E-state index in [4.69, 9.17) is 10.00 Å². The number of nitriles is 1. The fourth-order valence-corrected chi connectivity index (χ4v) is 3.11. The third-order valence-corrected chi connectivity index (χ3v) is 4.64. The molecule has 8 nitrogen and oxygen atoms in total. The molecule has 2 aromatic carbocycles. The molecule has 1 heterocycles. The number of benzene rings is 2. The van der Waals surface area contributed by atoms with Crippen LogP contribution in [0, 0.1) is 21.4 Å². The highest BCUT2D eigenvalue weighted by molar-refractivity contribution is 5.81. The monoisotopic (exact) mass is 380 g/mol. The van der Waals surface area contributed by atoms with E-state index >= 15 is 0 Å². The van der Waals surface area contributed by atoms with Crippen LogP contribution in [0.5, 0.6) is 5.75 Å². The summed E-state index contributed by atoms with van der Waals surface area (Å²) in [6.07, 6.45) is -0.641. The molecule has 1 saturated heterocycles. The molecule has 0 saturated carbocycles. The lowest BCUT2D eigenvalue weighted by Crippen LogP contribution is -2.52. The van der Waals surface area contributed by atoms with Crippen molar-refractivity contribution in [3.05, 3.63) is 64.2 Å². The number of hydrogen-bond donors (Lipinski definition) is 0. The Labute approximate surface area is 162 Å². The second-order valence-corrected chi connectivity index (χ2v) is 6.49. The van der Waals surface area contributed by atoms with Crippen LogP contribution in [0.15, 0.2) is 48.5 Å². The average Bonchev–Trinajstić information content (AvgIpc) is 2.74. The number of non-ortho nitro benzene ring substituents is 1. The number of anilines is 1. The molecule has 1 aliphatic rings. The van der Waals surface area contributed by atoms with E-state index in [0.717, 1.165) is 5.69 Å². The summed E-state index contributed by atoms with van der Waals surface area (Å²) in [6.45, 7) is 3.92. The summed E-state index contributed by atoms with van der Waals surface area (Å²) >= 11 is 0. The second kappa shape index (κ2) is 8.39. The second-order valence-electron chi connectivity index (χ2n) is 6.49. The summed E-state index contributed by atoms with van der Waals surface area (Å²) in [6, 6.07) is 15.2. The number of hydrogen-bond acceptors (Lipinski definition) is 6. The van der Waals surface area contributed by atoms with Crippen molar-refractivity contribution in [2.45, 2.75) is 13.0 Å². The molecule has 1 fully saturated rings. The highest BCUT2D eigenvalue weighted by Gasteiger charge is 2.26. The molecule has 28 heavy (non-hydrogen) atoms. The Hall–Kier alpha value is -3.60. The predicted octanol–water partition coefficient (Wildman–Crippen LogP) is 2.58. The van der Waals surface area contributed by atoms with Crippen LogP contribution in [-0.4, -0.2) is 48.0 Å². The Morgan fingerprint density at radius 3 is 2.46 bits per heavy atom. The number of ether oxygens (including phenoxy) is 1. The molecule has 1 unspecified atom stereocenters. The first-order valence-electron chi connectivity index (χ1n) is 8.93. The first kappa shape index (κ1) is 19.2. The number of nitro benzene ring substituents is 1. The summed E-state index contributed by atoms with van der Waals surface area (Å²) in [7, 11) is 0. The van der Waals surface area contributed by atoms with Crippen LogP contribution < -0.4 is 9.64 Å². The molecule has 144 valence electrons. The van der Waals surface area contributed by atoms with Crippen molar-refractivity contribution in [1.29, 1.82) is 5.26 Å². The maximum atomic E-state index is 12.7. The lowest BCUT2D eigenvalue weighted by Gasteiger charge is -2.37. The SMILES string of the molecule is CC(Oc1ccc(C#N)cc1)C(=O)N1CCN(c2cccc([N+](=O)[O-])c2)CC1. The number of carbonyl (C=O) groups is 1. The normalized spacial score (nSPS) is 14.9. The Bertz CT molecular complexity index is 899. The minimum Gasteiger partial charge on any atom is -0.481 e. The van der Waals surface area contributed by atoms with E-state index in [1.807, 2.05) is 17.0 Å². The molecule has 1 amide bonds. The maximum absolute atomic E-state index is 12.7. The van der Waals surface area contributed by atoms with Gasteiger partial charge in [0.2, 0.25) is 0 Å². The third kappa shape index (κ3) is 4.38. The zero-order valence-corrected chi connectivity index (χ0v) is 15.4. The van der Waals surface area contributed by atoms with Gasteiger partial charge in [-0.3, -0.25) is 14.9 Å². The average molecular weight is 380 g/mol. The number of rotatable bonds is 5. The highest BCUT2D eigenvalue weighted by atomic mass is 16.6. The standard InChI is InChI=1S/C20H20N4O4/c1-15(28-19-7-5-16(14-21)6-8-19)20(25)23-11-9-22(10-12-23)17-3-2-4-18(13-17)24(26)27/h2-8,13,15H,9-12H2,1H3. The van der Waals surface area contributed by atoms with E-state index in [-0.39, 0.29) is 11.6 Å². The molecule has 0 aliphatic carbocycles. The highest BCUT2D eigenvalue weighted by Crippen LogP contribution is 2.22. The number of nitrogens with zero attached hydrogens (tertiary/aromatic N) is 4. The predicted molar refractivity (Wildman–Crippen MR) is 103 cm³/mol. The van der Waals surface area contributed by atoms with E-state index in [2.05, 4.69) is 0 Å². The quantitative estimate of drug-likeness (QED) is 0.584. The summed E-state index contributed by atoms with van der Waals surface area (Å²) < 4.78 is 5.69. The van der Waals surface area contributed by atoms with E-state index in [9.17, 15) is 14.9 Å². The Balaban J connectivity index is 1.56. The summed E-state index contributed by atoms with van der Waals surface area (Å²) in [5.41, 5.74) is 1.37. The smallest absolute Gasteiger partial charge is 0.271 e. The molecule has 0 spiro atoms. The molecule has 0 radical (unpaired) electrons. The first-order valence-corrected chi connectivity index (χ1v) is 8.93. The van der Waals surface area contributed by atoms with Gasteiger partial charge in [0.15, 0.2) is 6.10 Å². The fraction of sp³-hybridized carbons (Fsp3) is 0.300. The summed E-state index contributed by atoms with van der Waals surface area (Å²) in [4.78, 5) is 27.0. The molecule has 1 aliphatic heterocycles. The topological polar surface area (TPSA) is 99.7 Å². The van der Waals surface area contributed by atoms with Crippen LogP contribution in [0.4, 0.5) is 11.4 Å². The minimum atomic E-state index is -0.641. The van der Waals surface area contributed by atoms with Gasteiger partial charge in [-0.05, 0) is 37.3 Å². The van der Waals surface area contributed by atoms with Crippen LogP contribution >= 0.6 is 0 Å². The van der Waals surface area contributed by atoms with Crippen molar-refractivity contribution in [3.63, 3.8) is 0 Å². The number of carbonyl (C=O) groups excluding carboxylic acids is 1. The molecular formula is C20H20N4O4. The number of nitro groups is 1. The number of amides is 1. The van der Waals surface area contributed by atoms with Gasteiger partial charge < -0.3 is 14.5 Å². The van der Waals surface area contributed by atoms with Crippen LogP contribution in [-0.2, 0) is 4.79 Å². The molecule has 2 aromatic rings. The maximum Gasteiger partial charge on any atom is 0.271 e. The van der Waals surface area contributed by atoms with Crippen LogP contribution in [0.3, 0.4) is 0 Å². The molecule has 0 aromatic heterocycles. The van der Waals surface area contributed by atoms with E-state index in [1.165, 1.54) is 6.07 Å². The van der Waals surface area contributed by atoms with Crippen LogP contribution in [0.2, 0.25) is 0 Å². The van der Waals surface area contributed by atoms with Crippen LogP contribution in [0.25, 0.3) is 0 Å². The van der Waals surface area contributed by atoms with Gasteiger partial charge in [-0.25, -0.2) is 0 Å². The first-order chi connectivity index (χ1) is 13.5. The summed E-state index contributed by atoms with van der Waals surface area (Å²) in [5, 5.41) is 19.8. The van der Waals surface area contributed by atoms with Gasteiger partial charge in [0.05, 0.1) is 16.6 Å². The molecule has 0 bridgehead atoms. The fourth-order valence-electron chi connectivity index (χ4n) is 3.11. The van der Waals surface area contributed by atoms with E-state index < -0.39 is 11.0 Å². The number of piperazine rings is 1. The van der Waals surface area contributed by atoms with Gasteiger partial charge in [0, 0.05) is 44.0 Å². The van der Waals surface area contributed by atoms with Crippen molar-refractivity contribution >= 4 is 17.3 Å². The van der Waals surface area contributed by atoms with E-state index in [0.29, 0.717) is 37.5 Å². The van der Waals surface area contributed by atoms with Crippen molar-refractivity contribution < 1.29 is 14.5 Å². The Morgan fingerprint density at radius 1 is 1.18 bits per heavy atom. The van der Waals surface area contributed by atoms with Gasteiger partial charge in [-0.2, -0.15) is 5.26 Å². The zero-order chi connectivity index (χ0) is 20.1. The lowest BCUT2D eigenvalue weighted by molar-refractivity contribution is -0.384. The molecule has 3 rings (SSSR count). The van der Waals surface area contributed by atoms with Gasteiger partial charge in [-0.1, -0.05) is 6.07 Å². The van der Waals surface area contributed by atoms with Gasteiger partial charge in [0.1, 0.15) is 5.75 Å². The molecule has 1 atom stereocenters. The minimum absolute atomic E-state index is 0.0560. The van der Waals surface area contributed by atoms with E-state index in [1.54, 1.807) is 48.2 Å². The third-order valence-electron chi connectivity index (χ3n) is 4.64. The van der Waals surface area contributed by atoms with Crippen molar-refractivity contribution in [2.75, 3.05) is 31.1 Å². The Kier molecular flexibility index (Phi) is 5.75. The van der Waals surface area contributed by atoms with Gasteiger partial charge >= 0.3 is 0 Å². The largest absolute Gasteiger partial charge is 0.481 e. The summed E-state index contributed by atoms with van der Waals surface area (Å²) in [5.74, 6) is 0.429. The van der Waals surface area contributed by atoms with Crippen molar-refractivity contribution in [3.8, 4) is 11.8 Å². The van der Waals surface area contributed by atoms with Gasteiger partial charge in [0.25, 0.3) is 11.6 Å². The van der Waals surface area contributed by atoms with Crippen molar-refractivity contribution in [1.82, 2.24) is 4.90 Å². The molecule has 8 heteroatoms. The molecule has 0 N–H and O–H groups in total. The van der Waals surface area contributed by atoms with Crippen molar-refractivity contribution in [2.24, 2.45) is 0 Å². The van der Waals surface area contributed by atoms with Crippen LogP contribution in [0.1, 0.15) is 12.5 Å². The van der Waals surface area contributed by atoms with Gasteiger partial charge in [-0.15, -0.1) is 0 Å². The zero-order valence-electron chi connectivity index (χ0n) is 15.4. The molecular weight excluding hydrogens is 360 g/mol. The lowest BCUT2D eigenvalue weighted by atomic mass is 10.2. The Morgan fingerprint density at radius 2 is 1.86 bits per heavy atom.